The molecule has 0 saturated heterocycles. The minimum absolute atomic E-state index is 0.0162. The molecule has 0 saturated carbocycles. The highest BCUT2D eigenvalue weighted by atomic mass is 16.5. The smallest absolute Gasteiger partial charge is 0.347 e. The van der Waals surface area contributed by atoms with Crippen LogP contribution in [0.3, 0.4) is 0 Å². The molecular formula is C23H29N3O7. The first-order chi connectivity index (χ1) is 15.6. The van der Waals surface area contributed by atoms with E-state index >= 15 is 0 Å². The van der Waals surface area contributed by atoms with E-state index in [-0.39, 0.29) is 17.8 Å². The standard InChI is InChI=1S/C23H29N3O7/c1-7-23(8-2)17-13(20(29)33-6)9-12(19(28)32-5)10-14-16(17)15(18(23)27)11(3)25-21(30)24(4)22(31)26(14)25/h9,11,13-14,17H,7-8,10H2,1-6H3/t11-,13+,14+,17+/m0/s1. The number of methoxy groups -OCH3 is 2. The van der Waals surface area contributed by atoms with Crippen LogP contribution in [0.2, 0.25) is 0 Å². The molecule has 2 aliphatic carbocycles. The summed E-state index contributed by atoms with van der Waals surface area (Å²) in [6.07, 6.45) is 2.46. The molecule has 33 heavy (non-hydrogen) atoms. The van der Waals surface area contributed by atoms with Crippen LogP contribution < -0.4 is 11.4 Å². The van der Waals surface area contributed by atoms with Gasteiger partial charge in [-0.2, -0.15) is 0 Å². The van der Waals surface area contributed by atoms with Crippen molar-refractivity contribution in [2.45, 2.75) is 52.1 Å². The number of Topliss-reactive ketones (excluding diaryl/α,β-unsaturated/α-hetero) is 1. The quantitative estimate of drug-likeness (QED) is 0.618. The van der Waals surface area contributed by atoms with Crippen LogP contribution in [0.15, 0.2) is 32.4 Å². The number of allylic oxidation sites excluding steroid dienone is 2. The van der Waals surface area contributed by atoms with Crippen molar-refractivity contribution >= 4 is 17.7 Å². The number of esters is 2. The SMILES string of the molecule is CCC1(CC)C(=O)C2=C3[C@@H](CC(C(=O)OC)=C[C@@H](C(=O)OC)[C@H]31)n1c(=O)n(C)c(=O)n1[C@H]2C. The van der Waals surface area contributed by atoms with Crippen molar-refractivity contribution in [2.24, 2.45) is 24.3 Å². The highest BCUT2D eigenvalue weighted by Gasteiger charge is 2.61. The van der Waals surface area contributed by atoms with Gasteiger partial charge in [-0.3, -0.25) is 9.59 Å². The Kier molecular flexibility index (Phi) is 5.37. The monoisotopic (exact) mass is 459 g/mol. The molecule has 10 heteroatoms. The van der Waals surface area contributed by atoms with Crippen LogP contribution in [0.5, 0.6) is 0 Å². The first kappa shape index (κ1) is 23.0. The van der Waals surface area contributed by atoms with E-state index in [9.17, 15) is 24.0 Å². The molecule has 1 aromatic rings. The summed E-state index contributed by atoms with van der Waals surface area (Å²) >= 11 is 0. The van der Waals surface area contributed by atoms with E-state index in [4.69, 9.17) is 9.47 Å². The topological polar surface area (TPSA) is 119 Å². The first-order valence-corrected chi connectivity index (χ1v) is 11.2. The van der Waals surface area contributed by atoms with Crippen LogP contribution in [0.4, 0.5) is 0 Å². The number of aromatic nitrogens is 3. The molecule has 0 spiro atoms. The van der Waals surface area contributed by atoms with E-state index in [1.807, 2.05) is 13.8 Å². The van der Waals surface area contributed by atoms with Gasteiger partial charge in [0.05, 0.1) is 32.2 Å². The molecule has 10 nitrogen and oxygen atoms in total. The van der Waals surface area contributed by atoms with E-state index in [1.165, 1.54) is 36.7 Å². The average Bonchev–Trinajstić information content (AvgIpc) is 3.11. The predicted octanol–water partition coefficient (Wildman–Crippen LogP) is 1.06. The Morgan fingerprint density at radius 2 is 1.67 bits per heavy atom. The summed E-state index contributed by atoms with van der Waals surface area (Å²) in [5, 5.41) is 0. The molecular weight excluding hydrogens is 430 g/mol. The van der Waals surface area contributed by atoms with Gasteiger partial charge in [0, 0.05) is 35.9 Å². The maximum Gasteiger partial charge on any atom is 0.347 e. The molecule has 0 fully saturated rings. The van der Waals surface area contributed by atoms with Gasteiger partial charge in [0.15, 0.2) is 5.78 Å². The third-order valence-electron chi connectivity index (χ3n) is 7.91. The lowest BCUT2D eigenvalue weighted by Gasteiger charge is -2.38. The van der Waals surface area contributed by atoms with E-state index in [0.717, 1.165) is 4.57 Å². The Bertz CT molecular complexity index is 1240. The molecule has 0 radical (unpaired) electrons. The van der Waals surface area contributed by atoms with Gasteiger partial charge in [-0.05, 0) is 25.3 Å². The van der Waals surface area contributed by atoms with Gasteiger partial charge in [-0.15, -0.1) is 0 Å². The summed E-state index contributed by atoms with van der Waals surface area (Å²) in [7, 11) is 3.89. The molecule has 4 rings (SSSR count). The van der Waals surface area contributed by atoms with E-state index in [1.54, 1.807) is 6.92 Å². The number of carbonyl (C=O) groups is 3. The molecule has 0 bridgehead atoms. The van der Waals surface area contributed by atoms with Gasteiger partial charge >= 0.3 is 23.3 Å². The Morgan fingerprint density at radius 3 is 2.21 bits per heavy atom. The number of rotatable bonds is 4. The molecule has 0 aromatic carbocycles. The molecule has 0 amide bonds. The Labute approximate surface area is 190 Å². The third-order valence-corrected chi connectivity index (χ3v) is 7.91. The van der Waals surface area contributed by atoms with Crippen molar-refractivity contribution in [2.75, 3.05) is 14.2 Å². The number of ether oxygens (including phenoxy) is 2. The van der Waals surface area contributed by atoms with Gasteiger partial charge in [0.25, 0.3) is 0 Å². The highest BCUT2D eigenvalue weighted by Crippen LogP contribution is 2.60. The summed E-state index contributed by atoms with van der Waals surface area (Å²) in [6, 6.07) is -1.46. The van der Waals surface area contributed by atoms with Crippen LogP contribution in [-0.4, -0.2) is 45.9 Å². The van der Waals surface area contributed by atoms with Crippen molar-refractivity contribution < 1.29 is 23.9 Å². The second-order valence-electron chi connectivity index (χ2n) is 8.98. The fourth-order valence-corrected chi connectivity index (χ4v) is 6.24. The van der Waals surface area contributed by atoms with E-state index in [0.29, 0.717) is 24.0 Å². The van der Waals surface area contributed by atoms with E-state index in [2.05, 4.69) is 0 Å². The molecule has 0 unspecified atom stereocenters. The Balaban J connectivity index is 2.12. The van der Waals surface area contributed by atoms with Gasteiger partial charge < -0.3 is 9.47 Å². The molecule has 1 aromatic heterocycles. The van der Waals surface area contributed by atoms with Crippen molar-refractivity contribution in [3.63, 3.8) is 0 Å². The van der Waals surface area contributed by atoms with Crippen molar-refractivity contribution in [3.05, 3.63) is 43.8 Å². The number of carbonyl (C=O) groups excluding carboxylic acids is 3. The summed E-state index contributed by atoms with van der Waals surface area (Å²) in [5.74, 6) is -2.81. The second-order valence-corrected chi connectivity index (χ2v) is 8.98. The van der Waals surface area contributed by atoms with Gasteiger partial charge in [0.1, 0.15) is 0 Å². The third kappa shape index (κ3) is 2.75. The fraction of sp³-hybridized carbons (Fsp3) is 0.609. The summed E-state index contributed by atoms with van der Waals surface area (Å²) in [5.41, 5.74) is -0.690. The number of nitrogens with zero attached hydrogens (tertiary/aromatic N) is 3. The van der Waals surface area contributed by atoms with Crippen LogP contribution in [0.25, 0.3) is 0 Å². The molecule has 0 N–H and O–H groups in total. The largest absolute Gasteiger partial charge is 0.469 e. The van der Waals surface area contributed by atoms with Gasteiger partial charge in [-0.1, -0.05) is 19.9 Å². The zero-order valence-corrected chi connectivity index (χ0v) is 19.7. The van der Waals surface area contributed by atoms with Crippen LogP contribution >= 0.6 is 0 Å². The number of ketones is 1. The maximum absolute atomic E-state index is 14.0. The Hall–Kier alpha value is -3.17. The second kappa shape index (κ2) is 7.71. The number of hydrogen-bond acceptors (Lipinski definition) is 7. The van der Waals surface area contributed by atoms with Crippen LogP contribution in [-0.2, 0) is 30.9 Å². The predicted molar refractivity (Wildman–Crippen MR) is 116 cm³/mol. The van der Waals surface area contributed by atoms with E-state index < -0.39 is 52.7 Å². The summed E-state index contributed by atoms with van der Waals surface area (Å²) < 4.78 is 13.7. The van der Waals surface area contributed by atoms with Crippen molar-refractivity contribution in [1.29, 1.82) is 0 Å². The van der Waals surface area contributed by atoms with Crippen LogP contribution in [0, 0.1) is 17.3 Å². The highest BCUT2D eigenvalue weighted by molar-refractivity contribution is 6.06. The molecule has 1 aliphatic heterocycles. The van der Waals surface area contributed by atoms with Gasteiger partial charge in [-0.25, -0.2) is 28.3 Å². The number of hydrogen-bond donors (Lipinski definition) is 0. The lowest BCUT2D eigenvalue weighted by Crippen LogP contribution is -2.41. The van der Waals surface area contributed by atoms with Crippen molar-refractivity contribution in [3.8, 4) is 0 Å². The lowest BCUT2D eigenvalue weighted by molar-refractivity contribution is -0.147. The summed E-state index contributed by atoms with van der Waals surface area (Å²) in [4.78, 5) is 65.8. The molecule has 4 atom stereocenters. The van der Waals surface area contributed by atoms with Crippen LogP contribution in [0.1, 0.15) is 52.1 Å². The van der Waals surface area contributed by atoms with Gasteiger partial charge in [0.2, 0.25) is 0 Å². The molecule has 2 heterocycles. The fourth-order valence-electron chi connectivity index (χ4n) is 6.24. The molecule has 178 valence electrons. The van der Waals surface area contributed by atoms with Crippen molar-refractivity contribution in [1.82, 2.24) is 13.9 Å². The minimum atomic E-state index is -0.920. The number of fused-ring (bicyclic) bond motifs is 2. The summed E-state index contributed by atoms with van der Waals surface area (Å²) in [6.45, 7) is 5.52. The lowest BCUT2D eigenvalue weighted by atomic mass is 9.65. The minimum Gasteiger partial charge on any atom is -0.469 e. The molecule has 3 aliphatic rings. The average molecular weight is 459 g/mol. The Morgan fingerprint density at radius 1 is 1.06 bits per heavy atom. The zero-order valence-electron chi connectivity index (χ0n) is 19.7. The first-order valence-electron chi connectivity index (χ1n) is 11.2. The maximum atomic E-state index is 14.0. The zero-order chi connectivity index (χ0) is 24.4. The normalized spacial score (nSPS) is 27.5.